The van der Waals surface area contributed by atoms with Gasteiger partial charge in [0.1, 0.15) is 0 Å². The van der Waals surface area contributed by atoms with Gasteiger partial charge in [-0.25, -0.2) is 0 Å². The molecule has 0 heterocycles. The molecule has 0 aliphatic heterocycles. The van der Waals surface area contributed by atoms with Crippen molar-refractivity contribution < 1.29 is 0 Å². The Morgan fingerprint density at radius 2 is 1.83 bits per heavy atom. The second kappa shape index (κ2) is 9.96. The Labute approximate surface area is 76.0 Å². The topological polar surface area (TPSA) is 0 Å². The van der Waals surface area contributed by atoms with E-state index in [0.29, 0.717) is 0 Å². The van der Waals surface area contributed by atoms with Crippen molar-refractivity contribution in [3.63, 3.8) is 0 Å². The van der Waals surface area contributed by atoms with E-state index in [1.807, 2.05) is 43.7 Å². The third kappa shape index (κ3) is 8.96. The fourth-order valence-corrected chi connectivity index (χ4v) is 0.692. The molecule has 0 heteroatoms. The van der Waals surface area contributed by atoms with Gasteiger partial charge in [0.15, 0.2) is 0 Å². The van der Waals surface area contributed by atoms with Crippen LogP contribution in [-0.2, 0) is 0 Å². The van der Waals surface area contributed by atoms with Crippen molar-refractivity contribution in [3.8, 4) is 0 Å². The molecule has 0 aliphatic carbocycles. The number of allylic oxidation sites excluding steroid dienone is 7. The van der Waals surface area contributed by atoms with Crippen molar-refractivity contribution in [1.82, 2.24) is 0 Å². The van der Waals surface area contributed by atoms with Gasteiger partial charge in [-0.3, -0.25) is 0 Å². The molecule has 0 amide bonds. The zero-order valence-electron chi connectivity index (χ0n) is 7.74. The zero-order chi connectivity index (χ0) is 9.07. The van der Waals surface area contributed by atoms with Crippen LogP contribution in [0.4, 0.5) is 0 Å². The number of rotatable bonds is 6. The van der Waals surface area contributed by atoms with Crippen LogP contribution in [0.2, 0.25) is 0 Å². The van der Waals surface area contributed by atoms with E-state index in [0.717, 1.165) is 12.8 Å². The summed E-state index contributed by atoms with van der Waals surface area (Å²) in [4.78, 5) is 0. The van der Waals surface area contributed by atoms with E-state index < -0.39 is 0 Å². The first-order valence-corrected chi connectivity index (χ1v) is 4.30. The first-order valence-electron chi connectivity index (χ1n) is 4.30. The monoisotopic (exact) mass is 161 g/mol. The second-order valence-corrected chi connectivity index (χ2v) is 2.40. The second-order valence-electron chi connectivity index (χ2n) is 2.40. The Morgan fingerprint density at radius 3 is 2.50 bits per heavy atom. The van der Waals surface area contributed by atoms with Gasteiger partial charge >= 0.3 is 0 Å². The van der Waals surface area contributed by atoms with Crippen LogP contribution in [0.1, 0.15) is 19.8 Å². The van der Waals surface area contributed by atoms with Gasteiger partial charge in [-0.1, -0.05) is 42.5 Å². The summed E-state index contributed by atoms with van der Waals surface area (Å²) in [6.07, 6.45) is 18.3. The number of hydrogen-bond donors (Lipinski definition) is 0. The van der Waals surface area contributed by atoms with Crippen LogP contribution in [0.5, 0.6) is 0 Å². The summed E-state index contributed by atoms with van der Waals surface area (Å²) in [5, 5.41) is 0. The van der Waals surface area contributed by atoms with Gasteiger partial charge < -0.3 is 0 Å². The van der Waals surface area contributed by atoms with Gasteiger partial charge in [-0.15, -0.1) is 6.58 Å². The maximum absolute atomic E-state index is 3.65. The molecule has 0 unspecified atom stereocenters. The van der Waals surface area contributed by atoms with Crippen molar-refractivity contribution in [3.05, 3.63) is 55.5 Å². The predicted octanol–water partition coefficient (Wildman–Crippen LogP) is 3.85. The van der Waals surface area contributed by atoms with Crippen molar-refractivity contribution in [2.45, 2.75) is 19.8 Å². The molecule has 65 valence electrons. The molecule has 1 radical (unpaired) electrons. The van der Waals surface area contributed by atoms with E-state index in [4.69, 9.17) is 0 Å². The van der Waals surface area contributed by atoms with Gasteiger partial charge in [0.25, 0.3) is 0 Å². The van der Waals surface area contributed by atoms with Gasteiger partial charge in [0, 0.05) is 6.42 Å². The SMILES string of the molecule is C=CCC/C=C/[CH]/C=C/C=C/C. The molecule has 0 spiro atoms. The maximum Gasteiger partial charge on any atom is 0.00473 e. The van der Waals surface area contributed by atoms with Crippen molar-refractivity contribution in [2.75, 3.05) is 0 Å². The largest absolute Gasteiger partial charge is 0.103 e. The highest BCUT2D eigenvalue weighted by molar-refractivity contribution is 5.13. The highest BCUT2D eigenvalue weighted by atomic mass is 13.8. The zero-order valence-corrected chi connectivity index (χ0v) is 7.74. The van der Waals surface area contributed by atoms with Crippen LogP contribution < -0.4 is 0 Å². The lowest BCUT2D eigenvalue weighted by molar-refractivity contribution is 1.05. The molecule has 0 fully saturated rings. The summed E-state index contributed by atoms with van der Waals surface area (Å²) in [5.74, 6) is 0. The Bertz CT molecular complexity index is 170. The third-order valence-electron chi connectivity index (χ3n) is 1.31. The first kappa shape index (κ1) is 11.0. The van der Waals surface area contributed by atoms with Gasteiger partial charge in [0.05, 0.1) is 0 Å². The fraction of sp³-hybridized carbons (Fsp3) is 0.250. The lowest BCUT2D eigenvalue weighted by Gasteiger charge is -1.83. The molecule has 0 aromatic carbocycles. The van der Waals surface area contributed by atoms with Gasteiger partial charge in [-0.05, 0) is 19.8 Å². The molecule has 0 N–H and O–H groups in total. The highest BCUT2D eigenvalue weighted by Crippen LogP contribution is 1.93. The average Bonchev–Trinajstić information content (AvgIpc) is 2.10. The Kier molecular flexibility index (Phi) is 9.10. The van der Waals surface area contributed by atoms with E-state index in [1.54, 1.807) is 0 Å². The summed E-state index contributed by atoms with van der Waals surface area (Å²) in [7, 11) is 0. The van der Waals surface area contributed by atoms with E-state index in [2.05, 4.69) is 18.7 Å². The standard InChI is InChI=1S/C12H17/c1-3-5-7-9-11-12-10-8-6-4-2/h3-4,6,8-12H,1,5,7H2,2H3/b6-4+,10-8+,11-9+. The molecule has 0 aromatic rings. The Morgan fingerprint density at radius 1 is 1.00 bits per heavy atom. The van der Waals surface area contributed by atoms with Crippen LogP contribution in [0.3, 0.4) is 0 Å². The van der Waals surface area contributed by atoms with Gasteiger partial charge in [0.2, 0.25) is 0 Å². The smallest absolute Gasteiger partial charge is 0.00473 e. The Hall–Kier alpha value is -1.04. The van der Waals surface area contributed by atoms with Crippen molar-refractivity contribution in [2.24, 2.45) is 0 Å². The van der Waals surface area contributed by atoms with Crippen LogP contribution in [0.15, 0.2) is 49.1 Å². The maximum atomic E-state index is 3.65. The molecule has 12 heavy (non-hydrogen) atoms. The van der Waals surface area contributed by atoms with E-state index in [1.165, 1.54) is 0 Å². The summed E-state index contributed by atoms with van der Waals surface area (Å²) >= 11 is 0. The summed E-state index contributed by atoms with van der Waals surface area (Å²) in [5.41, 5.74) is 0. The molecule has 0 saturated heterocycles. The molecule has 0 atom stereocenters. The number of unbranched alkanes of at least 4 members (excludes halogenated alkanes) is 1. The highest BCUT2D eigenvalue weighted by Gasteiger charge is 1.73. The fourth-order valence-electron chi connectivity index (χ4n) is 0.692. The van der Waals surface area contributed by atoms with E-state index in [-0.39, 0.29) is 0 Å². The molecule has 0 nitrogen and oxygen atoms in total. The average molecular weight is 161 g/mol. The Balaban J connectivity index is 3.29. The summed E-state index contributed by atoms with van der Waals surface area (Å²) < 4.78 is 0. The molecular formula is C12H17. The van der Waals surface area contributed by atoms with E-state index >= 15 is 0 Å². The molecule has 0 rings (SSSR count). The quantitative estimate of drug-likeness (QED) is 0.315. The van der Waals surface area contributed by atoms with Crippen LogP contribution in [0, 0.1) is 6.42 Å². The molecule has 0 aromatic heterocycles. The first-order chi connectivity index (χ1) is 5.91. The lowest BCUT2D eigenvalue weighted by Crippen LogP contribution is -1.64. The van der Waals surface area contributed by atoms with Gasteiger partial charge in [-0.2, -0.15) is 0 Å². The minimum absolute atomic E-state index is 1.06. The van der Waals surface area contributed by atoms with Crippen molar-refractivity contribution in [1.29, 1.82) is 0 Å². The lowest BCUT2D eigenvalue weighted by atomic mass is 10.2. The molecule has 0 bridgehead atoms. The van der Waals surface area contributed by atoms with Crippen LogP contribution in [-0.4, -0.2) is 0 Å². The summed E-state index contributed by atoms with van der Waals surface area (Å²) in [6, 6.07) is 0. The normalized spacial score (nSPS) is 12.1. The van der Waals surface area contributed by atoms with Crippen LogP contribution >= 0.6 is 0 Å². The molecule has 0 saturated carbocycles. The molecule has 0 aliphatic rings. The minimum Gasteiger partial charge on any atom is -0.103 e. The van der Waals surface area contributed by atoms with E-state index in [9.17, 15) is 0 Å². The third-order valence-corrected chi connectivity index (χ3v) is 1.31. The van der Waals surface area contributed by atoms with Crippen molar-refractivity contribution >= 4 is 0 Å². The summed E-state index contributed by atoms with van der Waals surface area (Å²) in [6.45, 7) is 5.66. The minimum atomic E-state index is 1.06. The molecular weight excluding hydrogens is 144 g/mol. The predicted molar refractivity (Wildman–Crippen MR) is 56.8 cm³/mol. The van der Waals surface area contributed by atoms with Crippen LogP contribution in [0.25, 0.3) is 0 Å². The number of hydrogen-bond acceptors (Lipinski definition) is 0.